The van der Waals surface area contributed by atoms with Gasteiger partial charge in [0.1, 0.15) is 5.82 Å². The molecular weight excluding hydrogens is 461 g/mol. The van der Waals surface area contributed by atoms with Crippen LogP contribution in [0, 0.1) is 12.7 Å². The second-order valence-corrected chi connectivity index (χ2v) is 9.87. The van der Waals surface area contributed by atoms with Crippen LogP contribution in [0.25, 0.3) is 10.9 Å². The van der Waals surface area contributed by atoms with Crippen molar-refractivity contribution in [2.75, 3.05) is 54.5 Å². The number of morpholine rings is 1. The summed E-state index contributed by atoms with van der Waals surface area (Å²) in [7, 11) is 1.77. The van der Waals surface area contributed by atoms with Crippen molar-refractivity contribution >= 4 is 28.2 Å². The van der Waals surface area contributed by atoms with Gasteiger partial charge >= 0.3 is 0 Å². The van der Waals surface area contributed by atoms with Gasteiger partial charge in [-0.3, -0.25) is 9.36 Å². The van der Waals surface area contributed by atoms with Gasteiger partial charge in [0.25, 0.3) is 5.56 Å². The molecule has 0 bridgehead atoms. The number of anilines is 3. The maximum Gasteiger partial charge on any atom is 0.262 e. The zero-order valence-corrected chi connectivity index (χ0v) is 21.1. The first kappa shape index (κ1) is 24.5. The molecule has 8 nitrogen and oxygen atoms in total. The average Bonchev–Trinajstić information content (AvgIpc) is 2.88. The standard InChI is InChI=1S/C27H34FN5O3/c1-17-14-21(25-22(15-17)26(35)31(3)27(30-25)33-10-12-36-13-11-33)18(2)29-23-5-4-19(28)16-24(23)32-8-6-20(34)7-9-32/h4-5,14-16,18,20,29,34H,6-13H2,1-3H3. The van der Waals surface area contributed by atoms with E-state index in [9.17, 15) is 14.3 Å². The van der Waals surface area contributed by atoms with E-state index in [1.54, 1.807) is 23.7 Å². The molecule has 2 aliphatic rings. The smallest absolute Gasteiger partial charge is 0.262 e. The number of benzene rings is 2. The minimum Gasteiger partial charge on any atom is -0.393 e. The number of ether oxygens (including phenoxy) is 1. The SMILES string of the molecule is Cc1cc(C(C)Nc2ccc(F)cc2N2CCC(O)CC2)c2nc(N3CCOCC3)n(C)c(=O)c2c1. The molecule has 192 valence electrons. The van der Waals surface area contributed by atoms with E-state index in [0.717, 1.165) is 22.5 Å². The second kappa shape index (κ2) is 10.1. The molecule has 36 heavy (non-hydrogen) atoms. The zero-order chi connectivity index (χ0) is 25.4. The summed E-state index contributed by atoms with van der Waals surface area (Å²) in [5, 5.41) is 14.1. The number of hydrogen-bond acceptors (Lipinski definition) is 7. The van der Waals surface area contributed by atoms with Crippen LogP contribution in [0.5, 0.6) is 0 Å². The van der Waals surface area contributed by atoms with Crippen molar-refractivity contribution in [1.82, 2.24) is 9.55 Å². The molecule has 0 spiro atoms. The van der Waals surface area contributed by atoms with Crippen molar-refractivity contribution in [3.8, 4) is 0 Å². The van der Waals surface area contributed by atoms with Crippen LogP contribution < -0.4 is 20.7 Å². The maximum absolute atomic E-state index is 14.2. The molecule has 2 saturated heterocycles. The molecule has 9 heteroatoms. The van der Waals surface area contributed by atoms with Crippen LogP contribution in [-0.2, 0) is 11.8 Å². The van der Waals surface area contributed by atoms with Gasteiger partial charge in [-0.2, -0.15) is 0 Å². The van der Waals surface area contributed by atoms with E-state index in [1.807, 2.05) is 19.9 Å². The van der Waals surface area contributed by atoms with Crippen LogP contribution in [0.15, 0.2) is 35.1 Å². The summed E-state index contributed by atoms with van der Waals surface area (Å²) in [5.41, 5.74) is 4.09. The summed E-state index contributed by atoms with van der Waals surface area (Å²) in [6.07, 6.45) is 1.01. The Hall–Kier alpha value is -3.17. The number of fused-ring (bicyclic) bond motifs is 1. The number of halogens is 1. The second-order valence-electron chi connectivity index (χ2n) is 9.87. The van der Waals surface area contributed by atoms with Crippen molar-refractivity contribution in [2.45, 2.75) is 38.8 Å². The Labute approximate surface area is 210 Å². The molecule has 2 aliphatic heterocycles. The van der Waals surface area contributed by atoms with Crippen molar-refractivity contribution < 1.29 is 14.2 Å². The van der Waals surface area contributed by atoms with Crippen LogP contribution in [0.2, 0.25) is 0 Å². The number of aryl methyl sites for hydroxylation is 1. The number of aliphatic hydroxyl groups is 1. The fourth-order valence-corrected chi connectivity index (χ4v) is 5.22. The van der Waals surface area contributed by atoms with Crippen LogP contribution in [0.3, 0.4) is 0 Å². The number of aliphatic hydroxyl groups excluding tert-OH is 1. The summed E-state index contributed by atoms with van der Waals surface area (Å²) in [6.45, 7) is 7.93. The van der Waals surface area contributed by atoms with Crippen LogP contribution in [0.1, 0.15) is 36.9 Å². The molecule has 2 fully saturated rings. The Bertz CT molecular complexity index is 1310. The van der Waals surface area contributed by atoms with E-state index in [1.165, 1.54) is 6.07 Å². The molecule has 1 unspecified atom stereocenters. The topological polar surface area (TPSA) is 82.9 Å². The predicted octanol–water partition coefficient (Wildman–Crippen LogP) is 3.35. The van der Waals surface area contributed by atoms with Gasteiger partial charge in [0, 0.05) is 38.8 Å². The normalized spacial score (nSPS) is 18.0. The van der Waals surface area contributed by atoms with Gasteiger partial charge in [-0.1, -0.05) is 6.07 Å². The summed E-state index contributed by atoms with van der Waals surface area (Å²) in [4.78, 5) is 22.6. The van der Waals surface area contributed by atoms with Gasteiger partial charge in [0.2, 0.25) is 5.95 Å². The Kier molecular flexibility index (Phi) is 6.85. The zero-order valence-electron chi connectivity index (χ0n) is 21.1. The Balaban J connectivity index is 1.54. The van der Waals surface area contributed by atoms with Gasteiger partial charge in [0.05, 0.1) is 47.6 Å². The fourth-order valence-electron chi connectivity index (χ4n) is 5.22. The molecule has 0 amide bonds. The predicted molar refractivity (Wildman–Crippen MR) is 141 cm³/mol. The molecule has 0 aliphatic carbocycles. The molecule has 0 radical (unpaired) electrons. The lowest BCUT2D eigenvalue weighted by atomic mass is 10.0. The van der Waals surface area contributed by atoms with Crippen LogP contribution in [0.4, 0.5) is 21.7 Å². The van der Waals surface area contributed by atoms with E-state index < -0.39 is 0 Å². The highest BCUT2D eigenvalue weighted by atomic mass is 19.1. The summed E-state index contributed by atoms with van der Waals surface area (Å²) in [6, 6.07) is 8.53. The van der Waals surface area contributed by atoms with Crippen molar-refractivity contribution in [2.24, 2.45) is 7.05 Å². The quantitative estimate of drug-likeness (QED) is 0.562. The number of nitrogens with one attached hydrogen (secondary N) is 1. The Morgan fingerprint density at radius 3 is 2.56 bits per heavy atom. The molecular formula is C27H34FN5O3. The molecule has 2 aromatic carbocycles. The highest BCUT2D eigenvalue weighted by Gasteiger charge is 2.23. The first-order chi connectivity index (χ1) is 17.3. The summed E-state index contributed by atoms with van der Waals surface area (Å²) < 4.78 is 21.3. The molecule has 3 aromatic rings. The van der Waals surface area contributed by atoms with Crippen LogP contribution >= 0.6 is 0 Å². The van der Waals surface area contributed by atoms with Crippen molar-refractivity contribution in [3.05, 3.63) is 57.6 Å². The lowest BCUT2D eigenvalue weighted by Gasteiger charge is -2.33. The Morgan fingerprint density at radius 2 is 1.83 bits per heavy atom. The minimum absolute atomic E-state index is 0.0759. The van der Waals surface area contributed by atoms with Gasteiger partial charge in [-0.15, -0.1) is 0 Å². The van der Waals surface area contributed by atoms with Crippen molar-refractivity contribution in [3.63, 3.8) is 0 Å². The lowest BCUT2D eigenvalue weighted by molar-refractivity contribution is 0.121. The van der Waals surface area contributed by atoms with Crippen molar-refractivity contribution in [1.29, 1.82) is 0 Å². The third kappa shape index (κ3) is 4.77. The number of piperidine rings is 1. The highest BCUT2D eigenvalue weighted by molar-refractivity contribution is 5.84. The first-order valence-corrected chi connectivity index (χ1v) is 12.6. The number of aromatic nitrogens is 2. The minimum atomic E-state index is -0.307. The maximum atomic E-state index is 14.2. The summed E-state index contributed by atoms with van der Waals surface area (Å²) in [5.74, 6) is 0.345. The highest BCUT2D eigenvalue weighted by Crippen LogP contribution is 2.34. The van der Waals surface area contributed by atoms with Gasteiger partial charge in [0.15, 0.2) is 0 Å². The third-order valence-electron chi connectivity index (χ3n) is 7.23. The monoisotopic (exact) mass is 495 g/mol. The summed E-state index contributed by atoms with van der Waals surface area (Å²) >= 11 is 0. The van der Waals surface area contributed by atoms with E-state index in [4.69, 9.17) is 9.72 Å². The molecule has 0 saturated carbocycles. The van der Waals surface area contributed by atoms with Gasteiger partial charge in [-0.05, 0) is 56.5 Å². The number of rotatable bonds is 5. The molecule has 3 heterocycles. The van der Waals surface area contributed by atoms with Gasteiger partial charge in [-0.25, -0.2) is 9.37 Å². The largest absolute Gasteiger partial charge is 0.393 e. The molecule has 5 rings (SSSR count). The van der Waals surface area contributed by atoms with Crippen LogP contribution in [-0.4, -0.2) is 60.2 Å². The Morgan fingerprint density at radius 1 is 1.11 bits per heavy atom. The number of nitrogens with zero attached hydrogens (tertiary/aromatic N) is 4. The van der Waals surface area contributed by atoms with Gasteiger partial charge < -0.3 is 25.0 Å². The molecule has 2 N–H and O–H groups in total. The van der Waals surface area contributed by atoms with E-state index in [0.29, 0.717) is 69.1 Å². The number of hydrogen-bond donors (Lipinski definition) is 2. The molecule has 1 atom stereocenters. The average molecular weight is 496 g/mol. The fraction of sp³-hybridized carbons (Fsp3) is 0.481. The third-order valence-corrected chi connectivity index (χ3v) is 7.23. The first-order valence-electron chi connectivity index (χ1n) is 12.6. The van der Waals surface area contributed by atoms with E-state index in [-0.39, 0.29) is 23.5 Å². The van der Waals surface area contributed by atoms with E-state index >= 15 is 0 Å². The van der Waals surface area contributed by atoms with E-state index in [2.05, 4.69) is 21.2 Å². The lowest BCUT2D eigenvalue weighted by Crippen LogP contribution is -2.40. The molecule has 1 aromatic heterocycles.